The molecule has 5 heteroatoms. The van der Waals surface area contributed by atoms with Crippen molar-refractivity contribution in [3.8, 4) is 0 Å². The van der Waals surface area contributed by atoms with E-state index in [-0.39, 0.29) is 18.3 Å². The van der Waals surface area contributed by atoms with Crippen LogP contribution in [0.2, 0.25) is 0 Å². The van der Waals surface area contributed by atoms with Crippen molar-refractivity contribution in [1.82, 2.24) is 9.88 Å². The fraction of sp³-hybridized carbons (Fsp3) is 0.500. The highest BCUT2D eigenvalue weighted by atomic mass is 35.5. The van der Waals surface area contributed by atoms with Crippen LogP contribution < -0.4 is 5.73 Å². The van der Waals surface area contributed by atoms with E-state index < -0.39 is 0 Å². The molecular formula is C12H18ClN3O. The summed E-state index contributed by atoms with van der Waals surface area (Å²) in [5.74, 6) is 0.799. The van der Waals surface area contributed by atoms with Crippen molar-refractivity contribution in [2.45, 2.75) is 19.3 Å². The van der Waals surface area contributed by atoms with Crippen molar-refractivity contribution in [3.63, 3.8) is 0 Å². The molecule has 1 aliphatic carbocycles. The third-order valence-electron chi connectivity index (χ3n) is 3.00. The largest absolute Gasteiger partial charge is 0.398 e. The maximum absolute atomic E-state index is 12.0. The number of nitrogens with two attached hydrogens (primary N) is 1. The number of halogens is 1. The second-order valence-electron chi connectivity index (χ2n) is 4.42. The zero-order chi connectivity index (χ0) is 11.5. The van der Waals surface area contributed by atoms with Gasteiger partial charge in [-0.25, -0.2) is 0 Å². The lowest BCUT2D eigenvalue weighted by molar-refractivity contribution is 0.0792. The normalized spacial score (nSPS) is 13.9. The molecule has 17 heavy (non-hydrogen) atoms. The summed E-state index contributed by atoms with van der Waals surface area (Å²) in [4.78, 5) is 17.7. The maximum atomic E-state index is 12.0. The van der Waals surface area contributed by atoms with E-state index in [4.69, 9.17) is 5.73 Å². The Morgan fingerprint density at radius 2 is 2.29 bits per heavy atom. The van der Waals surface area contributed by atoms with Gasteiger partial charge in [-0.3, -0.25) is 9.78 Å². The Labute approximate surface area is 108 Å². The first-order chi connectivity index (χ1) is 7.68. The first-order valence-corrected chi connectivity index (χ1v) is 5.63. The van der Waals surface area contributed by atoms with Gasteiger partial charge in [0.15, 0.2) is 0 Å². The van der Waals surface area contributed by atoms with Crippen LogP contribution in [0.3, 0.4) is 0 Å². The van der Waals surface area contributed by atoms with E-state index in [0.717, 1.165) is 18.9 Å². The van der Waals surface area contributed by atoms with Gasteiger partial charge in [0.05, 0.1) is 5.56 Å². The molecule has 1 aliphatic rings. The predicted molar refractivity (Wildman–Crippen MR) is 70.2 cm³/mol. The number of carbonyl (C=O) groups excluding carboxylic acids is 1. The molecule has 2 rings (SSSR count). The lowest BCUT2D eigenvalue weighted by Crippen LogP contribution is -2.28. The average Bonchev–Trinajstić information content (AvgIpc) is 3.09. The van der Waals surface area contributed by atoms with Crippen LogP contribution in [0.25, 0.3) is 0 Å². The molecule has 94 valence electrons. The highest BCUT2D eigenvalue weighted by molar-refractivity contribution is 5.98. The third kappa shape index (κ3) is 3.60. The molecule has 0 atom stereocenters. The zero-order valence-electron chi connectivity index (χ0n) is 9.93. The highest BCUT2D eigenvalue weighted by Crippen LogP contribution is 2.32. The Balaban J connectivity index is 0.00000144. The van der Waals surface area contributed by atoms with Gasteiger partial charge in [0.1, 0.15) is 0 Å². The molecule has 1 aromatic heterocycles. The summed E-state index contributed by atoms with van der Waals surface area (Å²) in [5, 5.41) is 0. The minimum absolute atomic E-state index is 0. The number of carbonyl (C=O) groups is 1. The van der Waals surface area contributed by atoms with Crippen molar-refractivity contribution in [2.75, 3.05) is 19.3 Å². The van der Waals surface area contributed by atoms with Crippen LogP contribution >= 0.6 is 12.4 Å². The SMILES string of the molecule is CN(CCC1CC1)C(=O)c1cnccc1N.Cl. The van der Waals surface area contributed by atoms with Gasteiger partial charge in [-0.1, -0.05) is 12.8 Å². The maximum Gasteiger partial charge on any atom is 0.257 e. The number of nitrogen functional groups attached to an aromatic ring is 1. The summed E-state index contributed by atoms with van der Waals surface area (Å²) in [6.07, 6.45) is 6.86. The number of aromatic nitrogens is 1. The van der Waals surface area contributed by atoms with Crippen LogP contribution in [0.15, 0.2) is 18.5 Å². The number of hydrogen-bond acceptors (Lipinski definition) is 3. The molecular weight excluding hydrogens is 238 g/mol. The minimum Gasteiger partial charge on any atom is -0.398 e. The fourth-order valence-electron chi connectivity index (χ4n) is 1.67. The fourth-order valence-corrected chi connectivity index (χ4v) is 1.67. The molecule has 0 spiro atoms. The van der Waals surface area contributed by atoms with Gasteiger partial charge in [0.2, 0.25) is 0 Å². The molecule has 0 bridgehead atoms. The van der Waals surface area contributed by atoms with Gasteiger partial charge in [-0.05, 0) is 18.4 Å². The molecule has 1 amide bonds. The number of rotatable bonds is 4. The van der Waals surface area contributed by atoms with Crippen LogP contribution in [0.1, 0.15) is 29.6 Å². The second-order valence-corrected chi connectivity index (χ2v) is 4.42. The smallest absolute Gasteiger partial charge is 0.257 e. The number of hydrogen-bond donors (Lipinski definition) is 1. The first kappa shape index (κ1) is 13.8. The summed E-state index contributed by atoms with van der Waals surface area (Å²) in [6, 6.07) is 1.65. The summed E-state index contributed by atoms with van der Waals surface area (Å²) in [7, 11) is 1.82. The molecule has 0 aromatic carbocycles. The molecule has 0 aliphatic heterocycles. The zero-order valence-corrected chi connectivity index (χ0v) is 10.7. The van der Waals surface area contributed by atoms with E-state index in [1.165, 1.54) is 19.0 Å². The third-order valence-corrected chi connectivity index (χ3v) is 3.00. The van der Waals surface area contributed by atoms with Crippen LogP contribution in [0, 0.1) is 5.92 Å². The number of anilines is 1. The second kappa shape index (κ2) is 5.87. The van der Waals surface area contributed by atoms with Crippen molar-refractivity contribution in [3.05, 3.63) is 24.0 Å². The summed E-state index contributed by atoms with van der Waals surface area (Å²) in [6.45, 7) is 0.803. The summed E-state index contributed by atoms with van der Waals surface area (Å²) in [5.41, 5.74) is 6.74. The van der Waals surface area contributed by atoms with E-state index >= 15 is 0 Å². The predicted octanol–water partition coefficient (Wildman–Crippen LogP) is 1.96. The van der Waals surface area contributed by atoms with Crippen molar-refractivity contribution < 1.29 is 4.79 Å². The lowest BCUT2D eigenvalue weighted by Gasteiger charge is -2.17. The summed E-state index contributed by atoms with van der Waals surface area (Å²) >= 11 is 0. The highest BCUT2D eigenvalue weighted by Gasteiger charge is 2.23. The van der Waals surface area contributed by atoms with Crippen molar-refractivity contribution in [2.24, 2.45) is 5.92 Å². The molecule has 2 N–H and O–H groups in total. The number of nitrogens with zero attached hydrogens (tertiary/aromatic N) is 2. The topological polar surface area (TPSA) is 59.2 Å². The Morgan fingerprint density at radius 1 is 1.59 bits per heavy atom. The minimum atomic E-state index is -0.0359. The van der Waals surface area contributed by atoms with E-state index in [0.29, 0.717) is 11.3 Å². The summed E-state index contributed by atoms with van der Waals surface area (Å²) < 4.78 is 0. The molecule has 1 aromatic rings. The van der Waals surface area contributed by atoms with Crippen molar-refractivity contribution in [1.29, 1.82) is 0 Å². The van der Waals surface area contributed by atoms with Crippen molar-refractivity contribution >= 4 is 24.0 Å². The van der Waals surface area contributed by atoms with Crippen LogP contribution in [0.5, 0.6) is 0 Å². The Kier molecular flexibility index (Phi) is 4.75. The van der Waals surface area contributed by atoms with Gasteiger partial charge >= 0.3 is 0 Å². The van der Waals surface area contributed by atoms with Gasteiger partial charge < -0.3 is 10.6 Å². The molecule has 1 heterocycles. The lowest BCUT2D eigenvalue weighted by atomic mass is 10.2. The monoisotopic (exact) mass is 255 g/mol. The van der Waals surface area contributed by atoms with Gasteiger partial charge in [-0.2, -0.15) is 0 Å². The Morgan fingerprint density at radius 3 is 2.88 bits per heavy atom. The number of pyridine rings is 1. The molecule has 0 saturated heterocycles. The quantitative estimate of drug-likeness (QED) is 0.895. The molecule has 1 saturated carbocycles. The van der Waals surface area contributed by atoms with E-state index in [2.05, 4.69) is 4.98 Å². The standard InChI is InChI=1S/C12H17N3O.ClH/c1-15(7-5-9-2-3-9)12(16)10-8-14-6-4-11(10)13;/h4,6,8-9H,2-3,5,7H2,1H3,(H2,13,14);1H. The molecule has 0 radical (unpaired) electrons. The van der Waals surface area contributed by atoms with E-state index in [1.54, 1.807) is 17.2 Å². The molecule has 1 fully saturated rings. The van der Waals surface area contributed by atoms with Gasteiger partial charge in [-0.15, -0.1) is 12.4 Å². The van der Waals surface area contributed by atoms with Gasteiger partial charge in [0.25, 0.3) is 5.91 Å². The Bertz CT molecular complexity index is 393. The van der Waals surface area contributed by atoms with Crippen LogP contribution in [0.4, 0.5) is 5.69 Å². The molecule has 4 nitrogen and oxygen atoms in total. The van der Waals surface area contributed by atoms with E-state index in [1.807, 2.05) is 7.05 Å². The van der Waals surface area contributed by atoms with Crippen LogP contribution in [-0.4, -0.2) is 29.4 Å². The Hall–Kier alpha value is -1.29. The first-order valence-electron chi connectivity index (χ1n) is 5.63. The number of amides is 1. The van der Waals surface area contributed by atoms with Crippen LogP contribution in [-0.2, 0) is 0 Å². The average molecular weight is 256 g/mol. The van der Waals surface area contributed by atoms with Gasteiger partial charge in [0, 0.05) is 31.7 Å². The molecule has 0 unspecified atom stereocenters. The van der Waals surface area contributed by atoms with E-state index in [9.17, 15) is 4.79 Å².